The van der Waals surface area contributed by atoms with Crippen LogP contribution in [0.25, 0.3) is 0 Å². The van der Waals surface area contributed by atoms with Crippen molar-refractivity contribution in [1.29, 1.82) is 0 Å². The van der Waals surface area contributed by atoms with Gasteiger partial charge >= 0.3 is 0 Å². The van der Waals surface area contributed by atoms with Gasteiger partial charge in [-0.3, -0.25) is 4.98 Å². The van der Waals surface area contributed by atoms with Crippen LogP contribution in [0.3, 0.4) is 0 Å². The molecule has 0 radical (unpaired) electrons. The van der Waals surface area contributed by atoms with Crippen molar-refractivity contribution in [3.63, 3.8) is 0 Å². The molecule has 19 heavy (non-hydrogen) atoms. The standard InChI is InChI=1S/C16H16BrNO/c1-10-4-6-12(14(17)9-10)16(19)13-7-5-11-3-2-8-18-15(11)13/h2-4,6,8-9,13,16,19H,5,7H2,1H3. The van der Waals surface area contributed by atoms with E-state index in [1.165, 1.54) is 11.1 Å². The molecule has 98 valence electrons. The number of nitrogens with zero attached hydrogens (tertiary/aromatic N) is 1. The lowest BCUT2D eigenvalue weighted by atomic mass is 9.93. The second kappa shape index (κ2) is 5.06. The lowest BCUT2D eigenvalue weighted by Crippen LogP contribution is -2.10. The number of aromatic nitrogens is 1. The van der Waals surface area contributed by atoms with Gasteiger partial charge in [0.25, 0.3) is 0 Å². The summed E-state index contributed by atoms with van der Waals surface area (Å²) in [5.41, 5.74) is 4.47. The molecule has 2 aromatic rings. The van der Waals surface area contributed by atoms with E-state index in [9.17, 15) is 5.11 Å². The number of fused-ring (bicyclic) bond motifs is 1. The molecule has 1 aromatic carbocycles. The van der Waals surface area contributed by atoms with E-state index in [2.05, 4.69) is 27.0 Å². The predicted octanol–water partition coefficient (Wildman–Crippen LogP) is 3.92. The van der Waals surface area contributed by atoms with Crippen molar-refractivity contribution in [3.05, 3.63) is 63.4 Å². The Kier molecular flexibility index (Phi) is 3.42. The summed E-state index contributed by atoms with van der Waals surface area (Å²) in [4.78, 5) is 4.46. The number of halogens is 1. The van der Waals surface area contributed by atoms with Crippen LogP contribution in [0.15, 0.2) is 41.0 Å². The van der Waals surface area contributed by atoms with Crippen molar-refractivity contribution < 1.29 is 5.11 Å². The van der Waals surface area contributed by atoms with Crippen LogP contribution in [0.5, 0.6) is 0 Å². The highest BCUT2D eigenvalue weighted by molar-refractivity contribution is 9.10. The first-order valence-electron chi connectivity index (χ1n) is 6.54. The van der Waals surface area contributed by atoms with Gasteiger partial charge in [0.1, 0.15) is 0 Å². The molecule has 0 spiro atoms. The monoisotopic (exact) mass is 317 g/mol. The van der Waals surface area contributed by atoms with Crippen molar-refractivity contribution in [2.45, 2.75) is 31.8 Å². The third-order valence-corrected chi connectivity index (χ3v) is 4.54. The van der Waals surface area contributed by atoms with Gasteiger partial charge in [-0.05, 0) is 48.6 Å². The minimum absolute atomic E-state index is 0.107. The third kappa shape index (κ3) is 2.33. The van der Waals surface area contributed by atoms with Gasteiger partial charge in [0.2, 0.25) is 0 Å². The van der Waals surface area contributed by atoms with E-state index in [0.29, 0.717) is 0 Å². The molecule has 1 aromatic heterocycles. The molecule has 3 rings (SSSR count). The number of aryl methyl sites for hydroxylation is 2. The summed E-state index contributed by atoms with van der Waals surface area (Å²) < 4.78 is 0.976. The maximum Gasteiger partial charge on any atom is 0.0884 e. The summed E-state index contributed by atoms with van der Waals surface area (Å²) >= 11 is 3.55. The molecule has 2 unspecified atom stereocenters. The third-order valence-electron chi connectivity index (χ3n) is 3.86. The molecular formula is C16H16BrNO. The molecule has 1 heterocycles. The molecule has 0 bridgehead atoms. The van der Waals surface area contributed by atoms with Gasteiger partial charge in [-0.2, -0.15) is 0 Å². The maximum atomic E-state index is 10.7. The van der Waals surface area contributed by atoms with Crippen LogP contribution in [0, 0.1) is 6.92 Å². The Morgan fingerprint density at radius 3 is 3.00 bits per heavy atom. The van der Waals surface area contributed by atoms with E-state index >= 15 is 0 Å². The van der Waals surface area contributed by atoms with Crippen LogP contribution >= 0.6 is 15.9 Å². The molecular weight excluding hydrogens is 302 g/mol. The second-order valence-corrected chi connectivity index (χ2v) is 6.02. The Balaban J connectivity index is 1.95. The zero-order valence-electron chi connectivity index (χ0n) is 10.8. The fraction of sp³-hybridized carbons (Fsp3) is 0.312. The van der Waals surface area contributed by atoms with Crippen LogP contribution in [-0.2, 0) is 6.42 Å². The molecule has 3 heteroatoms. The van der Waals surface area contributed by atoms with Crippen LogP contribution < -0.4 is 0 Å². The number of rotatable bonds is 2. The fourth-order valence-electron chi connectivity index (χ4n) is 2.84. The Morgan fingerprint density at radius 1 is 1.37 bits per heavy atom. The van der Waals surface area contributed by atoms with Crippen molar-refractivity contribution >= 4 is 15.9 Å². The number of aliphatic hydroxyl groups is 1. The highest BCUT2D eigenvalue weighted by Gasteiger charge is 2.31. The van der Waals surface area contributed by atoms with Crippen LogP contribution in [0.2, 0.25) is 0 Å². The lowest BCUT2D eigenvalue weighted by Gasteiger charge is -2.20. The van der Waals surface area contributed by atoms with E-state index in [0.717, 1.165) is 28.6 Å². The molecule has 2 atom stereocenters. The SMILES string of the molecule is Cc1ccc(C(O)C2CCc3cccnc32)c(Br)c1. The zero-order chi connectivity index (χ0) is 13.4. The topological polar surface area (TPSA) is 33.1 Å². The summed E-state index contributed by atoms with van der Waals surface area (Å²) in [6.45, 7) is 2.05. The molecule has 1 N–H and O–H groups in total. The summed E-state index contributed by atoms with van der Waals surface area (Å²) in [6.07, 6.45) is 3.29. The molecule has 0 saturated carbocycles. The smallest absolute Gasteiger partial charge is 0.0884 e. The van der Waals surface area contributed by atoms with Gasteiger partial charge < -0.3 is 5.11 Å². The van der Waals surface area contributed by atoms with Crippen molar-refractivity contribution in [2.24, 2.45) is 0 Å². The minimum Gasteiger partial charge on any atom is -0.388 e. The fourth-order valence-corrected chi connectivity index (χ4v) is 3.57. The number of pyridine rings is 1. The number of hydrogen-bond acceptors (Lipinski definition) is 2. The summed E-state index contributed by atoms with van der Waals surface area (Å²) in [7, 11) is 0. The Bertz CT molecular complexity index is 611. The highest BCUT2D eigenvalue weighted by atomic mass is 79.9. The molecule has 0 fully saturated rings. The van der Waals surface area contributed by atoms with Gasteiger partial charge in [-0.25, -0.2) is 0 Å². The average Bonchev–Trinajstić information content (AvgIpc) is 2.82. The van der Waals surface area contributed by atoms with E-state index in [1.807, 2.05) is 37.4 Å². The number of aliphatic hydroxyl groups excluding tert-OH is 1. The van der Waals surface area contributed by atoms with Crippen LogP contribution in [-0.4, -0.2) is 10.1 Å². The molecule has 1 aliphatic carbocycles. The van der Waals surface area contributed by atoms with Crippen molar-refractivity contribution in [2.75, 3.05) is 0 Å². The zero-order valence-corrected chi connectivity index (χ0v) is 12.4. The Morgan fingerprint density at radius 2 is 2.21 bits per heavy atom. The second-order valence-electron chi connectivity index (χ2n) is 5.16. The molecule has 0 aliphatic heterocycles. The van der Waals surface area contributed by atoms with Gasteiger partial charge in [0, 0.05) is 22.3 Å². The Labute approximate surface area is 121 Å². The molecule has 1 aliphatic rings. The Hall–Kier alpha value is -1.19. The first-order chi connectivity index (χ1) is 9.16. The first kappa shape index (κ1) is 12.8. The molecule has 2 nitrogen and oxygen atoms in total. The first-order valence-corrected chi connectivity index (χ1v) is 7.34. The van der Waals surface area contributed by atoms with Gasteiger partial charge in [-0.1, -0.05) is 34.1 Å². The van der Waals surface area contributed by atoms with Crippen LogP contribution in [0.4, 0.5) is 0 Å². The van der Waals surface area contributed by atoms with E-state index in [1.54, 1.807) is 0 Å². The average molecular weight is 318 g/mol. The lowest BCUT2D eigenvalue weighted by molar-refractivity contribution is 0.142. The molecule has 0 saturated heterocycles. The summed E-state index contributed by atoms with van der Waals surface area (Å²) in [6, 6.07) is 10.2. The minimum atomic E-state index is -0.494. The van der Waals surface area contributed by atoms with E-state index in [-0.39, 0.29) is 5.92 Å². The number of benzene rings is 1. The normalized spacial score (nSPS) is 19.2. The van der Waals surface area contributed by atoms with Gasteiger partial charge in [0.15, 0.2) is 0 Å². The summed E-state index contributed by atoms with van der Waals surface area (Å²) in [5.74, 6) is 0.107. The maximum absolute atomic E-state index is 10.7. The predicted molar refractivity (Wildman–Crippen MR) is 79.1 cm³/mol. The number of hydrogen-bond donors (Lipinski definition) is 1. The van der Waals surface area contributed by atoms with Gasteiger partial charge in [-0.15, -0.1) is 0 Å². The largest absolute Gasteiger partial charge is 0.388 e. The highest BCUT2D eigenvalue weighted by Crippen LogP contribution is 2.42. The quantitative estimate of drug-likeness (QED) is 0.910. The molecule has 0 amide bonds. The van der Waals surface area contributed by atoms with E-state index in [4.69, 9.17) is 0 Å². The van der Waals surface area contributed by atoms with Gasteiger partial charge in [0.05, 0.1) is 6.10 Å². The van der Waals surface area contributed by atoms with E-state index < -0.39 is 6.10 Å². The van der Waals surface area contributed by atoms with Crippen molar-refractivity contribution in [1.82, 2.24) is 4.98 Å². The van der Waals surface area contributed by atoms with Crippen molar-refractivity contribution in [3.8, 4) is 0 Å². The van der Waals surface area contributed by atoms with Crippen LogP contribution in [0.1, 0.15) is 40.8 Å². The summed E-state index contributed by atoms with van der Waals surface area (Å²) in [5, 5.41) is 10.7.